The van der Waals surface area contributed by atoms with Gasteiger partial charge in [0.1, 0.15) is 11.4 Å². The van der Waals surface area contributed by atoms with Crippen LogP contribution in [0.4, 0.5) is 10.1 Å². The van der Waals surface area contributed by atoms with Crippen molar-refractivity contribution in [3.05, 3.63) is 39.9 Å². The summed E-state index contributed by atoms with van der Waals surface area (Å²) in [6.45, 7) is 5.33. The number of aromatic nitrogens is 1. The minimum atomic E-state index is -1.28. The Hall–Kier alpha value is -2.12. The number of hydrogen-bond acceptors (Lipinski definition) is 4. The van der Waals surface area contributed by atoms with Crippen LogP contribution < -0.4 is 16.1 Å². The normalized spacial score (nSPS) is 19.7. The molecule has 1 unspecified atom stereocenters. The molecule has 1 aromatic heterocycles. The molecular weight excluding hydrogens is 385 g/mol. The van der Waals surface area contributed by atoms with Gasteiger partial charge in [0, 0.05) is 36.3 Å². The van der Waals surface area contributed by atoms with E-state index in [0.717, 1.165) is 19.3 Å². The standard InChI is InChI=1S/C20H24FN3O3.ClH/c1-20(2,22)11-5-6-23(9-11)17-8-16-13(7-15(17)21)18(25)14(19(26)27)10-24(16)12-3-4-12;/h7-8,10-12H,3-6,9,22H2,1-2H3,(H,26,27);1H. The highest BCUT2D eigenvalue weighted by Crippen LogP contribution is 2.39. The van der Waals surface area contributed by atoms with Crippen molar-refractivity contribution in [2.24, 2.45) is 11.7 Å². The lowest BCUT2D eigenvalue weighted by Crippen LogP contribution is -2.42. The maximum absolute atomic E-state index is 14.9. The van der Waals surface area contributed by atoms with Crippen LogP contribution in [0.2, 0.25) is 0 Å². The average Bonchev–Trinajstić information content (AvgIpc) is 3.29. The lowest BCUT2D eigenvalue weighted by Gasteiger charge is -2.27. The van der Waals surface area contributed by atoms with Gasteiger partial charge in [0.2, 0.25) is 5.43 Å². The van der Waals surface area contributed by atoms with E-state index in [2.05, 4.69) is 0 Å². The second-order valence-electron chi connectivity index (χ2n) is 8.39. The molecule has 0 amide bonds. The molecule has 1 aliphatic carbocycles. The van der Waals surface area contributed by atoms with E-state index in [1.54, 1.807) is 6.07 Å². The number of pyridine rings is 1. The number of rotatable bonds is 4. The van der Waals surface area contributed by atoms with E-state index in [-0.39, 0.29) is 40.9 Å². The zero-order chi connectivity index (χ0) is 19.5. The third-order valence-corrected chi connectivity index (χ3v) is 5.85. The Morgan fingerprint density at radius 3 is 2.50 bits per heavy atom. The third kappa shape index (κ3) is 3.49. The highest BCUT2D eigenvalue weighted by atomic mass is 35.5. The zero-order valence-corrected chi connectivity index (χ0v) is 16.8. The number of carboxylic acid groups (broad SMARTS) is 1. The van der Waals surface area contributed by atoms with Crippen molar-refractivity contribution in [3.8, 4) is 0 Å². The Morgan fingerprint density at radius 2 is 1.96 bits per heavy atom. The van der Waals surface area contributed by atoms with Crippen LogP contribution in [0.1, 0.15) is 49.5 Å². The van der Waals surface area contributed by atoms with E-state index >= 15 is 0 Å². The Bertz CT molecular complexity index is 995. The van der Waals surface area contributed by atoms with Gasteiger partial charge in [0.25, 0.3) is 0 Å². The topological polar surface area (TPSA) is 88.6 Å². The molecule has 8 heteroatoms. The summed E-state index contributed by atoms with van der Waals surface area (Å²) in [4.78, 5) is 25.9. The predicted octanol–water partition coefficient (Wildman–Crippen LogP) is 3.16. The molecule has 4 rings (SSSR count). The first-order valence-corrected chi connectivity index (χ1v) is 9.32. The number of aromatic carboxylic acids is 1. The first-order valence-electron chi connectivity index (χ1n) is 9.32. The van der Waals surface area contributed by atoms with E-state index < -0.39 is 17.2 Å². The summed E-state index contributed by atoms with van der Waals surface area (Å²) in [6.07, 6.45) is 4.14. The summed E-state index contributed by atoms with van der Waals surface area (Å²) in [7, 11) is 0. The Morgan fingerprint density at radius 1 is 1.29 bits per heavy atom. The highest BCUT2D eigenvalue weighted by molar-refractivity contribution is 5.93. The number of nitrogens with zero attached hydrogens (tertiary/aromatic N) is 2. The Labute approximate surface area is 168 Å². The van der Waals surface area contributed by atoms with E-state index in [0.29, 0.717) is 24.3 Å². The van der Waals surface area contributed by atoms with Crippen LogP contribution in [-0.2, 0) is 0 Å². The number of benzene rings is 1. The lowest BCUT2D eigenvalue weighted by molar-refractivity contribution is 0.0695. The monoisotopic (exact) mass is 409 g/mol. The largest absolute Gasteiger partial charge is 0.477 e. The fraction of sp³-hybridized carbons (Fsp3) is 0.500. The lowest BCUT2D eigenvalue weighted by atomic mass is 9.88. The van der Waals surface area contributed by atoms with Gasteiger partial charge in [-0.15, -0.1) is 12.4 Å². The van der Waals surface area contributed by atoms with Crippen LogP contribution >= 0.6 is 12.4 Å². The second-order valence-corrected chi connectivity index (χ2v) is 8.39. The van der Waals surface area contributed by atoms with Crippen LogP contribution in [0, 0.1) is 11.7 Å². The van der Waals surface area contributed by atoms with Crippen molar-refractivity contribution in [3.63, 3.8) is 0 Å². The number of nitrogens with two attached hydrogens (primary N) is 1. The van der Waals surface area contributed by atoms with Crippen LogP contribution in [0.5, 0.6) is 0 Å². The summed E-state index contributed by atoms with van der Waals surface area (Å²) in [6, 6.07) is 3.06. The van der Waals surface area contributed by atoms with Crippen molar-refractivity contribution >= 4 is 35.0 Å². The molecule has 2 aromatic rings. The second kappa shape index (κ2) is 7.04. The third-order valence-electron chi connectivity index (χ3n) is 5.85. The van der Waals surface area contributed by atoms with Crippen LogP contribution in [0.25, 0.3) is 10.9 Å². The van der Waals surface area contributed by atoms with E-state index in [1.807, 2.05) is 23.3 Å². The van der Waals surface area contributed by atoms with Gasteiger partial charge in [-0.2, -0.15) is 0 Å². The molecule has 1 atom stereocenters. The summed E-state index contributed by atoms with van der Waals surface area (Å²) in [5, 5.41) is 9.45. The van der Waals surface area contributed by atoms with Crippen LogP contribution in [0.3, 0.4) is 0 Å². The Balaban J connectivity index is 0.00000225. The van der Waals surface area contributed by atoms with Crippen molar-refractivity contribution in [1.29, 1.82) is 0 Å². The highest BCUT2D eigenvalue weighted by Gasteiger charge is 2.34. The van der Waals surface area contributed by atoms with Crippen LogP contribution in [0.15, 0.2) is 23.1 Å². The first kappa shape index (κ1) is 20.6. The molecule has 152 valence electrons. The number of halogens is 2. The van der Waals surface area contributed by atoms with Gasteiger partial charge in [0.15, 0.2) is 0 Å². The molecule has 28 heavy (non-hydrogen) atoms. The zero-order valence-electron chi connectivity index (χ0n) is 15.9. The minimum absolute atomic E-state index is 0. The summed E-state index contributed by atoms with van der Waals surface area (Å²) in [5.41, 5.74) is 5.98. The van der Waals surface area contributed by atoms with Gasteiger partial charge < -0.3 is 20.3 Å². The molecule has 1 aliphatic heterocycles. The molecule has 2 aliphatic rings. The molecule has 1 saturated carbocycles. The number of fused-ring (bicyclic) bond motifs is 1. The van der Waals surface area contributed by atoms with Gasteiger partial charge in [-0.25, -0.2) is 9.18 Å². The molecule has 1 aromatic carbocycles. The van der Waals surface area contributed by atoms with Gasteiger partial charge in [-0.3, -0.25) is 4.79 Å². The maximum Gasteiger partial charge on any atom is 0.341 e. The minimum Gasteiger partial charge on any atom is -0.477 e. The van der Waals surface area contributed by atoms with Gasteiger partial charge in [-0.05, 0) is 51.2 Å². The molecule has 3 N–H and O–H groups in total. The summed E-state index contributed by atoms with van der Waals surface area (Å²) < 4.78 is 16.7. The van der Waals surface area contributed by atoms with Gasteiger partial charge in [0.05, 0.1) is 11.2 Å². The number of anilines is 1. The molecule has 1 saturated heterocycles. The average molecular weight is 410 g/mol. The fourth-order valence-corrected chi connectivity index (χ4v) is 3.99. The molecule has 0 bridgehead atoms. The SMILES string of the molecule is CC(C)(N)C1CCN(c2cc3c(cc2F)c(=O)c(C(=O)O)cn3C2CC2)C1.Cl. The van der Waals surface area contributed by atoms with Crippen molar-refractivity contribution in [2.75, 3.05) is 18.0 Å². The van der Waals surface area contributed by atoms with Crippen molar-refractivity contribution < 1.29 is 14.3 Å². The molecule has 2 fully saturated rings. The van der Waals surface area contributed by atoms with E-state index in [4.69, 9.17) is 5.73 Å². The van der Waals surface area contributed by atoms with Crippen LogP contribution in [-0.4, -0.2) is 34.3 Å². The number of carboxylic acids is 1. The molecular formula is C20H25ClFN3O3. The number of carbonyl (C=O) groups is 1. The van der Waals surface area contributed by atoms with Gasteiger partial charge >= 0.3 is 5.97 Å². The smallest absolute Gasteiger partial charge is 0.341 e. The first-order chi connectivity index (χ1) is 12.7. The van der Waals surface area contributed by atoms with Crippen molar-refractivity contribution in [1.82, 2.24) is 4.57 Å². The van der Waals surface area contributed by atoms with Gasteiger partial charge in [-0.1, -0.05) is 0 Å². The summed E-state index contributed by atoms with van der Waals surface area (Å²) >= 11 is 0. The fourth-order valence-electron chi connectivity index (χ4n) is 3.99. The van der Waals surface area contributed by atoms with Crippen molar-refractivity contribution in [2.45, 2.75) is 44.7 Å². The predicted molar refractivity (Wildman–Crippen MR) is 109 cm³/mol. The molecule has 2 heterocycles. The quantitative estimate of drug-likeness (QED) is 0.809. The summed E-state index contributed by atoms with van der Waals surface area (Å²) in [5.74, 6) is -1.53. The van der Waals surface area contributed by atoms with E-state index in [9.17, 15) is 19.1 Å². The Kier molecular flexibility index (Phi) is 5.18. The number of hydrogen-bond donors (Lipinski definition) is 2. The molecule has 0 radical (unpaired) electrons. The molecule has 6 nitrogen and oxygen atoms in total. The molecule has 0 spiro atoms. The van der Waals surface area contributed by atoms with E-state index in [1.165, 1.54) is 12.3 Å². The maximum atomic E-state index is 14.9.